The highest BCUT2D eigenvalue weighted by Gasteiger charge is 2.00. The minimum atomic E-state index is 0.107. The number of amides is 1. The molecule has 0 atom stereocenters. The van der Waals surface area contributed by atoms with E-state index >= 15 is 0 Å². The SMILES string of the molecule is CCCNCCC(=O)NCc1cccc(C)c1. The molecular weight excluding hydrogens is 212 g/mol. The van der Waals surface area contributed by atoms with Gasteiger partial charge in [0.2, 0.25) is 5.91 Å². The second-order valence-electron chi connectivity index (χ2n) is 4.27. The Hall–Kier alpha value is -1.35. The maximum atomic E-state index is 11.5. The molecule has 3 heteroatoms. The van der Waals surface area contributed by atoms with Crippen molar-refractivity contribution in [3.05, 3.63) is 35.4 Å². The Kier molecular flexibility index (Phi) is 6.33. The van der Waals surface area contributed by atoms with Gasteiger partial charge in [-0.25, -0.2) is 0 Å². The fraction of sp³-hybridized carbons (Fsp3) is 0.500. The number of nitrogens with one attached hydrogen (secondary N) is 2. The molecule has 0 bridgehead atoms. The Labute approximate surface area is 104 Å². The molecule has 0 aliphatic carbocycles. The topological polar surface area (TPSA) is 41.1 Å². The molecule has 1 amide bonds. The van der Waals surface area contributed by atoms with Crippen LogP contribution >= 0.6 is 0 Å². The van der Waals surface area contributed by atoms with Crippen LogP contribution in [0, 0.1) is 6.92 Å². The van der Waals surface area contributed by atoms with Gasteiger partial charge >= 0.3 is 0 Å². The fourth-order valence-corrected chi connectivity index (χ4v) is 1.61. The van der Waals surface area contributed by atoms with Crippen molar-refractivity contribution in [2.45, 2.75) is 33.2 Å². The van der Waals surface area contributed by atoms with Crippen LogP contribution < -0.4 is 10.6 Å². The fourth-order valence-electron chi connectivity index (χ4n) is 1.61. The first-order valence-electron chi connectivity index (χ1n) is 6.25. The normalized spacial score (nSPS) is 10.2. The molecule has 0 aromatic heterocycles. The van der Waals surface area contributed by atoms with Gasteiger partial charge < -0.3 is 10.6 Å². The number of carbonyl (C=O) groups excluding carboxylic acids is 1. The maximum absolute atomic E-state index is 11.5. The number of hydrogen-bond donors (Lipinski definition) is 2. The van der Waals surface area contributed by atoms with Crippen LogP contribution in [0.1, 0.15) is 30.9 Å². The lowest BCUT2D eigenvalue weighted by Gasteiger charge is -2.06. The van der Waals surface area contributed by atoms with Crippen LogP contribution in [0.25, 0.3) is 0 Å². The van der Waals surface area contributed by atoms with Crippen LogP contribution in [-0.4, -0.2) is 19.0 Å². The van der Waals surface area contributed by atoms with E-state index in [2.05, 4.69) is 36.6 Å². The molecular formula is C14H22N2O. The predicted molar refractivity (Wildman–Crippen MR) is 70.8 cm³/mol. The summed E-state index contributed by atoms with van der Waals surface area (Å²) in [7, 11) is 0. The van der Waals surface area contributed by atoms with Crippen molar-refractivity contribution < 1.29 is 4.79 Å². The lowest BCUT2D eigenvalue weighted by atomic mass is 10.1. The van der Waals surface area contributed by atoms with Gasteiger partial charge in [0.15, 0.2) is 0 Å². The monoisotopic (exact) mass is 234 g/mol. The number of rotatable bonds is 7. The van der Waals surface area contributed by atoms with Crippen LogP contribution in [-0.2, 0) is 11.3 Å². The van der Waals surface area contributed by atoms with Gasteiger partial charge in [0, 0.05) is 19.5 Å². The molecule has 1 rings (SSSR count). The molecule has 0 fully saturated rings. The summed E-state index contributed by atoms with van der Waals surface area (Å²) in [5, 5.41) is 6.14. The third kappa shape index (κ3) is 6.07. The Morgan fingerprint density at radius 2 is 2.12 bits per heavy atom. The van der Waals surface area contributed by atoms with Crippen molar-refractivity contribution in [1.82, 2.24) is 10.6 Å². The third-order valence-corrected chi connectivity index (χ3v) is 2.53. The van der Waals surface area contributed by atoms with Crippen molar-refractivity contribution in [2.24, 2.45) is 0 Å². The molecule has 0 radical (unpaired) electrons. The zero-order valence-corrected chi connectivity index (χ0v) is 10.8. The second-order valence-corrected chi connectivity index (χ2v) is 4.27. The van der Waals surface area contributed by atoms with Crippen LogP contribution in [0.2, 0.25) is 0 Å². The van der Waals surface area contributed by atoms with Gasteiger partial charge in [-0.1, -0.05) is 36.8 Å². The summed E-state index contributed by atoms with van der Waals surface area (Å²) < 4.78 is 0. The van der Waals surface area contributed by atoms with Crippen LogP contribution in [0.4, 0.5) is 0 Å². The van der Waals surface area contributed by atoms with Crippen molar-refractivity contribution in [3.63, 3.8) is 0 Å². The second kappa shape index (κ2) is 7.85. The van der Waals surface area contributed by atoms with Gasteiger partial charge in [0.1, 0.15) is 0 Å². The minimum absolute atomic E-state index is 0.107. The van der Waals surface area contributed by atoms with Crippen molar-refractivity contribution in [1.29, 1.82) is 0 Å². The quantitative estimate of drug-likeness (QED) is 0.708. The molecule has 0 saturated carbocycles. The molecule has 0 unspecified atom stereocenters. The van der Waals surface area contributed by atoms with E-state index in [0.29, 0.717) is 13.0 Å². The average Bonchev–Trinajstić information content (AvgIpc) is 2.32. The summed E-state index contributed by atoms with van der Waals surface area (Å²) in [4.78, 5) is 11.5. The predicted octanol–water partition coefficient (Wildman–Crippen LogP) is 2.00. The lowest BCUT2D eigenvalue weighted by molar-refractivity contribution is -0.121. The molecule has 3 nitrogen and oxygen atoms in total. The van der Waals surface area contributed by atoms with Gasteiger partial charge in [0.05, 0.1) is 0 Å². The van der Waals surface area contributed by atoms with E-state index in [1.54, 1.807) is 0 Å². The Balaban J connectivity index is 2.19. The van der Waals surface area contributed by atoms with Crippen molar-refractivity contribution in [3.8, 4) is 0 Å². The Morgan fingerprint density at radius 1 is 1.29 bits per heavy atom. The number of aryl methyl sites for hydroxylation is 1. The summed E-state index contributed by atoms with van der Waals surface area (Å²) in [5.74, 6) is 0.107. The molecule has 1 aromatic carbocycles. The molecule has 17 heavy (non-hydrogen) atoms. The molecule has 0 aliphatic rings. The first-order valence-corrected chi connectivity index (χ1v) is 6.25. The van der Waals surface area contributed by atoms with Crippen LogP contribution in [0.3, 0.4) is 0 Å². The summed E-state index contributed by atoms with van der Waals surface area (Å²) in [6.07, 6.45) is 1.65. The standard InChI is InChI=1S/C14H22N2O/c1-3-8-15-9-7-14(17)16-11-13-6-4-5-12(2)10-13/h4-6,10,15H,3,7-9,11H2,1-2H3,(H,16,17). The summed E-state index contributed by atoms with van der Waals surface area (Å²) >= 11 is 0. The highest BCUT2D eigenvalue weighted by Crippen LogP contribution is 2.03. The molecule has 94 valence electrons. The number of hydrogen-bond acceptors (Lipinski definition) is 2. The first kappa shape index (κ1) is 13.7. The Bertz CT molecular complexity index is 350. The van der Waals surface area contributed by atoms with Gasteiger partial charge in [-0.2, -0.15) is 0 Å². The average molecular weight is 234 g/mol. The van der Waals surface area contributed by atoms with Gasteiger partial charge in [-0.3, -0.25) is 4.79 Å². The summed E-state index contributed by atoms with van der Waals surface area (Å²) in [6.45, 7) is 6.53. The van der Waals surface area contributed by atoms with E-state index in [4.69, 9.17) is 0 Å². The van der Waals surface area contributed by atoms with Crippen molar-refractivity contribution >= 4 is 5.91 Å². The third-order valence-electron chi connectivity index (χ3n) is 2.53. The maximum Gasteiger partial charge on any atom is 0.221 e. The summed E-state index contributed by atoms with van der Waals surface area (Å²) in [6, 6.07) is 8.19. The minimum Gasteiger partial charge on any atom is -0.352 e. The summed E-state index contributed by atoms with van der Waals surface area (Å²) in [5.41, 5.74) is 2.38. The zero-order valence-electron chi connectivity index (χ0n) is 10.8. The highest BCUT2D eigenvalue weighted by molar-refractivity contribution is 5.76. The number of benzene rings is 1. The van der Waals surface area contributed by atoms with Gasteiger partial charge in [0.25, 0.3) is 0 Å². The molecule has 1 aromatic rings. The van der Waals surface area contributed by atoms with Gasteiger partial charge in [-0.15, -0.1) is 0 Å². The van der Waals surface area contributed by atoms with E-state index in [9.17, 15) is 4.79 Å². The van der Waals surface area contributed by atoms with Crippen LogP contribution in [0.15, 0.2) is 24.3 Å². The lowest BCUT2D eigenvalue weighted by Crippen LogP contribution is -2.27. The van der Waals surface area contributed by atoms with E-state index in [1.807, 2.05) is 12.1 Å². The van der Waals surface area contributed by atoms with E-state index in [0.717, 1.165) is 25.1 Å². The highest BCUT2D eigenvalue weighted by atomic mass is 16.1. The van der Waals surface area contributed by atoms with E-state index in [1.165, 1.54) is 5.56 Å². The van der Waals surface area contributed by atoms with E-state index < -0.39 is 0 Å². The van der Waals surface area contributed by atoms with Crippen LogP contribution in [0.5, 0.6) is 0 Å². The van der Waals surface area contributed by atoms with Crippen molar-refractivity contribution in [2.75, 3.05) is 13.1 Å². The Morgan fingerprint density at radius 3 is 2.82 bits per heavy atom. The molecule has 0 heterocycles. The molecule has 0 spiro atoms. The number of carbonyl (C=O) groups is 1. The zero-order chi connectivity index (χ0) is 12.5. The van der Waals surface area contributed by atoms with Gasteiger partial charge in [-0.05, 0) is 25.5 Å². The molecule has 0 saturated heterocycles. The first-order chi connectivity index (χ1) is 8.22. The molecule has 2 N–H and O–H groups in total. The largest absolute Gasteiger partial charge is 0.352 e. The van der Waals surface area contributed by atoms with E-state index in [-0.39, 0.29) is 5.91 Å². The smallest absolute Gasteiger partial charge is 0.221 e. The molecule has 0 aliphatic heterocycles.